The third kappa shape index (κ3) is 2.69. The molecule has 2 atom stereocenters. The fourth-order valence-electron chi connectivity index (χ4n) is 4.11. The van der Waals surface area contributed by atoms with Crippen LogP contribution in [0.15, 0.2) is 30.3 Å². The number of hydrogen-bond donors (Lipinski definition) is 1. The van der Waals surface area contributed by atoms with Gasteiger partial charge in [0.1, 0.15) is 12.1 Å². The molecule has 0 spiro atoms. The lowest BCUT2D eigenvalue weighted by atomic mass is 9.96. The molecule has 2 aliphatic heterocycles. The van der Waals surface area contributed by atoms with Gasteiger partial charge in [-0.1, -0.05) is 30.3 Å². The van der Waals surface area contributed by atoms with Crippen LogP contribution in [-0.2, 0) is 9.59 Å². The summed E-state index contributed by atoms with van der Waals surface area (Å²) in [6.45, 7) is 2.27. The number of imide groups is 1. The first-order valence-corrected chi connectivity index (χ1v) is 8.99. The van der Waals surface area contributed by atoms with Gasteiger partial charge in [-0.15, -0.1) is 0 Å². The van der Waals surface area contributed by atoms with E-state index in [1.807, 2.05) is 35.2 Å². The number of hydrogen-bond acceptors (Lipinski definition) is 3. The molecule has 0 radical (unpaired) electrons. The van der Waals surface area contributed by atoms with Gasteiger partial charge in [-0.25, -0.2) is 4.79 Å². The van der Waals surface area contributed by atoms with Crippen molar-refractivity contribution < 1.29 is 14.4 Å². The first kappa shape index (κ1) is 16.1. The second-order valence-corrected chi connectivity index (χ2v) is 7.45. The first-order valence-electron chi connectivity index (χ1n) is 8.99. The minimum atomic E-state index is -0.832. The van der Waals surface area contributed by atoms with Gasteiger partial charge >= 0.3 is 6.03 Å². The lowest BCUT2D eigenvalue weighted by Gasteiger charge is -2.27. The zero-order valence-electron chi connectivity index (χ0n) is 14.4. The molecule has 6 heteroatoms. The Morgan fingerprint density at radius 2 is 1.92 bits per heavy atom. The molecule has 25 heavy (non-hydrogen) atoms. The Balaban J connectivity index is 1.48. The average Bonchev–Trinajstić information content (AvgIpc) is 3.32. The SMILES string of the molecule is C[C@]1(C2CC2)NC(=O)N(CC(=O)N2CCC[C@H]2c2ccccc2)C1=O. The number of urea groups is 1. The van der Waals surface area contributed by atoms with E-state index in [0.29, 0.717) is 6.54 Å². The van der Waals surface area contributed by atoms with Crippen molar-refractivity contribution in [3.8, 4) is 0 Å². The molecule has 1 N–H and O–H groups in total. The quantitative estimate of drug-likeness (QED) is 0.853. The van der Waals surface area contributed by atoms with Gasteiger partial charge in [-0.05, 0) is 44.1 Å². The van der Waals surface area contributed by atoms with E-state index in [2.05, 4.69) is 5.32 Å². The van der Waals surface area contributed by atoms with Gasteiger partial charge in [-0.3, -0.25) is 14.5 Å². The highest BCUT2D eigenvalue weighted by Gasteiger charge is 2.56. The molecular formula is C19H23N3O3. The van der Waals surface area contributed by atoms with Crippen molar-refractivity contribution in [2.45, 2.75) is 44.2 Å². The summed E-state index contributed by atoms with van der Waals surface area (Å²) >= 11 is 0. The topological polar surface area (TPSA) is 69.7 Å². The normalized spacial score (nSPS) is 29.2. The highest BCUT2D eigenvalue weighted by molar-refractivity contribution is 6.09. The molecule has 2 saturated heterocycles. The van der Waals surface area contributed by atoms with Crippen molar-refractivity contribution in [1.29, 1.82) is 0 Å². The van der Waals surface area contributed by atoms with Gasteiger partial charge < -0.3 is 10.2 Å². The average molecular weight is 341 g/mol. The Hall–Kier alpha value is -2.37. The lowest BCUT2D eigenvalue weighted by Crippen LogP contribution is -2.47. The first-order chi connectivity index (χ1) is 12.0. The van der Waals surface area contributed by atoms with Crippen LogP contribution in [0.5, 0.6) is 0 Å². The summed E-state index contributed by atoms with van der Waals surface area (Å²) in [5.41, 5.74) is 0.273. The molecule has 0 unspecified atom stereocenters. The van der Waals surface area contributed by atoms with Gasteiger partial charge in [0.05, 0.1) is 6.04 Å². The number of nitrogens with one attached hydrogen (secondary N) is 1. The number of likely N-dealkylation sites (tertiary alicyclic amines) is 1. The number of benzene rings is 1. The highest BCUT2D eigenvalue weighted by atomic mass is 16.2. The highest BCUT2D eigenvalue weighted by Crippen LogP contribution is 2.42. The van der Waals surface area contributed by atoms with E-state index in [4.69, 9.17) is 0 Å². The summed E-state index contributed by atoms with van der Waals surface area (Å²) in [6, 6.07) is 9.52. The van der Waals surface area contributed by atoms with Gasteiger partial charge in [0.25, 0.3) is 5.91 Å². The number of carbonyl (C=O) groups is 3. The fourth-order valence-corrected chi connectivity index (χ4v) is 4.11. The molecule has 1 aliphatic carbocycles. The van der Waals surface area contributed by atoms with Crippen LogP contribution in [-0.4, -0.2) is 46.3 Å². The van der Waals surface area contributed by atoms with Crippen LogP contribution in [0.25, 0.3) is 0 Å². The summed E-state index contributed by atoms with van der Waals surface area (Å²) in [6.07, 6.45) is 3.75. The summed E-state index contributed by atoms with van der Waals surface area (Å²) < 4.78 is 0. The standard InChI is InChI=1S/C19H23N3O3/c1-19(14-9-10-14)17(24)22(18(25)20-19)12-16(23)21-11-5-8-15(21)13-6-3-2-4-7-13/h2-4,6-7,14-15H,5,8-12H2,1H3,(H,20,25)/t15-,19+/m0/s1. The number of carbonyl (C=O) groups excluding carboxylic acids is 3. The predicted molar refractivity (Wildman–Crippen MR) is 91.5 cm³/mol. The second-order valence-electron chi connectivity index (χ2n) is 7.45. The van der Waals surface area contributed by atoms with Gasteiger partial charge in [-0.2, -0.15) is 0 Å². The molecular weight excluding hydrogens is 318 g/mol. The zero-order chi connectivity index (χ0) is 17.6. The summed E-state index contributed by atoms with van der Waals surface area (Å²) in [7, 11) is 0. The molecule has 4 amide bonds. The van der Waals surface area contributed by atoms with Crippen molar-refractivity contribution in [1.82, 2.24) is 15.1 Å². The molecule has 132 valence electrons. The predicted octanol–water partition coefficient (Wildman–Crippen LogP) is 2.07. The van der Waals surface area contributed by atoms with Crippen molar-refractivity contribution >= 4 is 17.8 Å². The van der Waals surface area contributed by atoms with Crippen LogP contribution in [0.1, 0.15) is 44.2 Å². The fraction of sp³-hybridized carbons (Fsp3) is 0.526. The third-order valence-electron chi connectivity index (χ3n) is 5.75. The maximum atomic E-state index is 12.8. The minimum Gasteiger partial charge on any atom is -0.334 e. The van der Waals surface area contributed by atoms with E-state index < -0.39 is 11.6 Å². The Morgan fingerprint density at radius 1 is 1.20 bits per heavy atom. The molecule has 0 aromatic heterocycles. The molecule has 2 heterocycles. The van der Waals surface area contributed by atoms with Gasteiger partial charge in [0.2, 0.25) is 5.91 Å². The molecule has 0 bridgehead atoms. The van der Waals surface area contributed by atoms with Crippen molar-refractivity contribution in [2.24, 2.45) is 5.92 Å². The smallest absolute Gasteiger partial charge is 0.325 e. The van der Waals surface area contributed by atoms with Crippen LogP contribution < -0.4 is 5.32 Å². The van der Waals surface area contributed by atoms with Crippen LogP contribution >= 0.6 is 0 Å². The summed E-state index contributed by atoms with van der Waals surface area (Å²) in [5.74, 6) is -0.216. The maximum Gasteiger partial charge on any atom is 0.325 e. The monoisotopic (exact) mass is 341 g/mol. The largest absolute Gasteiger partial charge is 0.334 e. The Labute approximate surface area is 147 Å². The van der Waals surface area contributed by atoms with Gasteiger partial charge in [0.15, 0.2) is 0 Å². The number of amides is 4. The Morgan fingerprint density at radius 3 is 2.60 bits per heavy atom. The van der Waals surface area contributed by atoms with Crippen LogP contribution in [0.4, 0.5) is 4.79 Å². The summed E-state index contributed by atoms with van der Waals surface area (Å²) in [5, 5.41) is 2.80. The Kier molecular flexibility index (Phi) is 3.78. The maximum absolute atomic E-state index is 12.8. The minimum absolute atomic E-state index is 0.0317. The molecule has 6 nitrogen and oxygen atoms in total. The lowest BCUT2D eigenvalue weighted by molar-refractivity contribution is -0.139. The van der Waals surface area contributed by atoms with E-state index in [-0.39, 0.29) is 30.3 Å². The van der Waals surface area contributed by atoms with Crippen LogP contribution in [0.2, 0.25) is 0 Å². The number of nitrogens with zero attached hydrogens (tertiary/aromatic N) is 2. The summed E-state index contributed by atoms with van der Waals surface area (Å²) in [4.78, 5) is 40.7. The van der Waals surface area contributed by atoms with E-state index in [1.54, 1.807) is 6.92 Å². The van der Waals surface area contributed by atoms with E-state index >= 15 is 0 Å². The molecule has 3 fully saturated rings. The van der Waals surface area contributed by atoms with Crippen LogP contribution in [0, 0.1) is 5.92 Å². The van der Waals surface area contributed by atoms with Crippen molar-refractivity contribution in [3.05, 3.63) is 35.9 Å². The number of rotatable bonds is 4. The molecule has 4 rings (SSSR count). The van der Waals surface area contributed by atoms with Crippen LogP contribution in [0.3, 0.4) is 0 Å². The molecule has 3 aliphatic rings. The van der Waals surface area contributed by atoms with Crippen molar-refractivity contribution in [3.63, 3.8) is 0 Å². The molecule has 1 aromatic rings. The zero-order valence-corrected chi connectivity index (χ0v) is 14.4. The van der Waals surface area contributed by atoms with E-state index in [9.17, 15) is 14.4 Å². The van der Waals surface area contributed by atoms with Crippen molar-refractivity contribution in [2.75, 3.05) is 13.1 Å². The van der Waals surface area contributed by atoms with E-state index in [1.165, 1.54) is 0 Å². The molecule has 1 saturated carbocycles. The van der Waals surface area contributed by atoms with E-state index in [0.717, 1.165) is 36.1 Å². The second kappa shape index (κ2) is 5.86. The Bertz CT molecular complexity index is 716. The van der Waals surface area contributed by atoms with Gasteiger partial charge in [0, 0.05) is 6.54 Å². The molecule has 1 aromatic carbocycles. The third-order valence-corrected chi connectivity index (χ3v) is 5.75.